The van der Waals surface area contributed by atoms with Gasteiger partial charge in [-0.25, -0.2) is 0 Å². The SMILES string of the molecule is CC1CN(CC(N)(CO)c2ccccc2)CCN1C. The lowest BCUT2D eigenvalue weighted by molar-refractivity contribution is 0.0684. The van der Waals surface area contributed by atoms with Crippen LogP contribution < -0.4 is 5.73 Å². The molecule has 1 fully saturated rings. The van der Waals surface area contributed by atoms with Gasteiger partial charge >= 0.3 is 0 Å². The van der Waals surface area contributed by atoms with Crippen LogP contribution in [0.25, 0.3) is 0 Å². The fraction of sp³-hybridized carbons (Fsp3) is 0.600. The van der Waals surface area contributed by atoms with Gasteiger partial charge in [-0.15, -0.1) is 0 Å². The van der Waals surface area contributed by atoms with Gasteiger partial charge in [-0.1, -0.05) is 30.3 Å². The molecular formula is C15H25N3O. The van der Waals surface area contributed by atoms with Crippen molar-refractivity contribution in [2.24, 2.45) is 5.73 Å². The number of benzene rings is 1. The molecule has 1 aliphatic heterocycles. The number of piperazine rings is 1. The molecule has 19 heavy (non-hydrogen) atoms. The summed E-state index contributed by atoms with van der Waals surface area (Å²) >= 11 is 0. The highest BCUT2D eigenvalue weighted by Crippen LogP contribution is 2.20. The zero-order chi connectivity index (χ0) is 13.9. The molecule has 0 radical (unpaired) electrons. The predicted molar refractivity (Wildman–Crippen MR) is 77.9 cm³/mol. The summed E-state index contributed by atoms with van der Waals surface area (Å²) in [5, 5.41) is 9.73. The van der Waals surface area contributed by atoms with Gasteiger partial charge in [0.05, 0.1) is 12.1 Å². The number of aliphatic hydroxyl groups excluding tert-OH is 1. The quantitative estimate of drug-likeness (QED) is 0.829. The molecule has 1 aromatic carbocycles. The molecule has 0 bridgehead atoms. The van der Waals surface area contributed by atoms with Crippen molar-refractivity contribution in [1.29, 1.82) is 0 Å². The minimum absolute atomic E-state index is 0.0300. The van der Waals surface area contributed by atoms with Crippen molar-refractivity contribution in [2.75, 3.05) is 39.8 Å². The lowest BCUT2D eigenvalue weighted by Crippen LogP contribution is -2.57. The summed E-state index contributed by atoms with van der Waals surface area (Å²) < 4.78 is 0. The van der Waals surface area contributed by atoms with E-state index in [0.717, 1.165) is 25.2 Å². The third-order valence-corrected chi connectivity index (χ3v) is 4.18. The monoisotopic (exact) mass is 263 g/mol. The summed E-state index contributed by atoms with van der Waals surface area (Å²) in [6.45, 7) is 5.96. The third kappa shape index (κ3) is 3.34. The first-order chi connectivity index (χ1) is 9.05. The molecule has 1 aliphatic rings. The van der Waals surface area contributed by atoms with E-state index < -0.39 is 5.54 Å². The van der Waals surface area contributed by atoms with Crippen LogP contribution in [-0.2, 0) is 5.54 Å². The van der Waals surface area contributed by atoms with Crippen molar-refractivity contribution in [3.05, 3.63) is 35.9 Å². The molecule has 1 saturated heterocycles. The first-order valence-electron chi connectivity index (χ1n) is 6.93. The Bertz CT molecular complexity index is 398. The maximum Gasteiger partial charge on any atom is 0.0772 e. The van der Waals surface area contributed by atoms with Gasteiger partial charge in [0.25, 0.3) is 0 Å². The van der Waals surface area contributed by atoms with Gasteiger partial charge in [-0.2, -0.15) is 0 Å². The van der Waals surface area contributed by atoms with Gasteiger partial charge in [0.15, 0.2) is 0 Å². The molecule has 4 heteroatoms. The van der Waals surface area contributed by atoms with Crippen LogP contribution in [-0.4, -0.2) is 60.8 Å². The predicted octanol–water partition coefficient (Wildman–Crippen LogP) is 0.469. The van der Waals surface area contributed by atoms with Crippen molar-refractivity contribution in [2.45, 2.75) is 18.5 Å². The fourth-order valence-corrected chi connectivity index (χ4v) is 2.67. The number of nitrogens with two attached hydrogens (primary N) is 1. The molecule has 0 amide bonds. The lowest BCUT2D eigenvalue weighted by Gasteiger charge is -2.41. The number of hydrogen-bond donors (Lipinski definition) is 2. The maximum absolute atomic E-state index is 9.73. The van der Waals surface area contributed by atoms with E-state index in [1.165, 1.54) is 0 Å². The van der Waals surface area contributed by atoms with E-state index in [1.54, 1.807) is 0 Å². The zero-order valence-corrected chi connectivity index (χ0v) is 11.9. The van der Waals surface area contributed by atoms with Gasteiger partial charge in [0.2, 0.25) is 0 Å². The van der Waals surface area contributed by atoms with E-state index >= 15 is 0 Å². The topological polar surface area (TPSA) is 52.7 Å². The summed E-state index contributed by atoms with van der Waals surface area (Å²) in [5.74, 6) is 0. The van der Waals surface area contributed by atoms with Gasteiger partial charge in [-0.05, 0) is 19.5 Å². The minimum atomic E-state index is -0.670. The highest BCUT2D eigenvalue weighted by Gasteiger charge is 2.31. The van der Waals surface area contributed by atoms with E-state index in [2.05, 4.69) is 23.8 Å². The molecule has 0 aromatic heterocycles. The van der Waals surface area contributed by atoms with E-state index in [4.69, 9.17) is 5.73 Å². The Kier molecular flexibility index (Phi) is 4.58. The summed E-state index contributed by atoms with van der Waals surface area (Å²) in [5.41, 5.74) is 6.76. The van der Waals surface area contributed by atoms with Crippen LogP contribution in [0.3, 0.4) is 0 Å². The second-order valence-electron chi connectivity index (χ2n) is 5.75. The number of hydrogen-bond acceptors (Lipinski definition) is 4. The molecule has 0 aliphatic carbocycles. The first kappa shape index (κ1) is 14.5. The van der Waals surface area contributed by atoms with Crippen molar-refractivity contribution in [1.82, 2.24) is 9.80 Å². The maximum atomic E-state index is 9.73. The number of aliphatic hydroxyl groups is 1. The van der Waals surface area contributed by atoms with Crippen molar-refractivity contribution in [3.8, 4) is 0 Å². The first-order valence-corrected chi connectivity index (χ1v) is 6.93. The Morgan fingerprint density at radius 2 is 2.00 bits per heavy atom. The lowest BCUT2D eigenvalue weighted by atomic mass is 9.91. The average Bonchev–Trinajstić information content (AvgIpc) is 2.44. The Morgan fingerprint density at radius 3 is 2.58 bits per heavy atom. The van der Waals surface area contributed by atoms with Gasteiger partial charge in [-0.3, -0.25) is 4.90 Å². The number of nitrogens with zero attached hydrogens (tertiary/aromatic N) is 2. The van der Waals surface area contributed by atoms with Crippen molar-refractivity contribution >= 4 is 0 Å². The summed E-state index contributed by atoms with van der Waals surface area (Å²) in [7, 11) is 2.15. The molecule has 106 valence electrons. The molecule has 1 aromatic rings. The zero-order valence-electron chi connectivity index (χ0n) is 11.9. The van der Waals surface area contributed by atoms with Crippen LogP contribution in [0.2, 0.25) is 0 Å². The van der Waals surface area contributed by atoms with Gasteiger partial charge in [0, 0.05) is 32.2 Å². The summed E-state index contributed by atoms with van der Waals surface area (Å²) in [6, 6.07) is 10.4. The molecule has 4 nitrogen and oxygen atoms in total. The summed E-state index contributed by atoms with van der Waals surface area (Å²) in [6.07, 6.45) is 0. The van der Waals surface area contributed by atoms with Crippen LogP contribution >= 0.6 is 0 Å². The Balaban J connectivity index is 2.07. The van der Waals surface area contributed by atoms with E-state index in [1.807, 2.05) is 30.3 Å². The highest BCUT2D eigenvalue weighted by molar-refractivity contribution is 5.24. The van der Waals surface area contributed by atoms with Crippen molar-refractivity contribution < 1.29 is 5.11 Å². The third-order valence-electron chi connectivity index (χ3n) is 4.18. The van der Waals surface area contributed by atoms with Crippen LogP contribution in [0.15, 0.2) is 30.3 Å². The van der Waals surface area contributed by atoms with Gasteiger partial charge in [0.1, 0.15) is 0 Å². The molecule has 2 unspecified atom stereocenters. The second-order valence-corrected chi connectivity index (χ2v) is 5.75. The Hall–Kier alpha value is -0.940. The normalized spacial score (nSPS) is 25.2. The molecule has 2 rings (SSSR count). The van der Waals surface area contributed by atoms with Crippen molar-refractivity contribution in [3.63, 3.8) is 0 Å². The molecule has 1 heterocycles. The summed E-state index contributed by atoms with van der Waals surface area (Å²) in [4.78, 5) is 4.71. The van der Waals surface area contributed by atoms with E-state index in [9.17, 15) is 5.11 Å². The fourth-order valence-electron chi connectivity index (χ4n) is 2.67. The molecule has 0 spiro atoms. The van der Waals surface area contributed by atoms with Gasteiger partial charge < -0.3 is 15.7 Å². The number of likely N-dealkylation sites (N-methyl/N-ethyl adjacent to an activating group) is 1. The largest absolute Gasteiger partial charge is 0.394 e. The van der Waals surface area contributed by atoms with Crippen LogP contribution in [0.5, 0.6) is 0 Å². The van der Waals surface area contributed by atoms with Crippen LogP contribution in [0.1, 0.15) is 12.5 Å². The molecule has 2 atom stereocenters. The minimum Gasteiger partial charge on any atom is -0.394 e. The van der Waals surface area contributed by atoms with E-state index in [-0.39, 0.29) is 6.61 Å². The van der Waals surface area contributed by atoms with Crippen LogP contribution in [0.4, 0.5) is 0 Å². The average molecular weight is 263 g/mol. The smallest absolute Gasteiger partial charge is 0.0772 e. The second kappa shape index (κ2) is 6.01. The number of rotatable bonds is 4. The Labute approximate surface area is 115 Å². The molecule has 3 N–H and O–H groups in total. The molecule has 0 saturated carbocycles. The molecular weight excluding hydrogens is 238 g/mol. The van der Waals surface area contributed by atoms with Crippen LogP contribution in [0, 0.1) is 0 Å². The Morgan fingerprint density at radius 1 is 1.32 bits per heavy atom. The highest BCUT2D eigenvalue weighted by atomic mass is 16.3. The standard InChI is InChI=1S/C15H25N3O/c1-13-10-18(9-8-17(13)2)11-15(16,12-19)14-6-4-3-5-7-14/h3-7,13,19H,8-12,16H2,1-2H3. The van der Waals surface area contributed by atoms with E-state index in [0.29, 0.717) is 12.6 Å².